The van der Waals surface area contributed by atoms with Crippen LogP contribution in [0.4, 0.5) is 14.5 Å². The molecule has 1 fully saturated rings. The summed E-state index contributed by atoms with van der Waals surface area (Å²) in [5.41, 5.74) is 1.39. The second-order valence-corrected chi connectivity index (χ2v) is 8.81. The smallest absolute Gasteiger partial charge is 0.326 e. The Bertz CT molecular complexity index is 764. The van der Waals surface area contributed by atoms with Gasteiger partial charge in [-0.2, -0.15) is 8.78 Å². The van der Waals surface area contributed by atoms with Crippen molar-refractivity contribution >= 4 is 21.4 Å². The van der Waals surface area contributed by atoms with E-state index in [0.29, 0.717) is 5.69 Å². The lowest BCUT2D eigenvalue weighted by Crippen LogP contribution is -2.17. The first kappa shape index (κ1) is 18.6. The summed E-state index contributed by atoms with van der Waals surface area (Å²) in [5, 5.41) is 2.72. The summed E-state index contributed by atoms with van der Waals surface area (Å²) in [5.74, 6) is -3.64. The normalized spacial score (nSPS) is 22.1. The van der Waals surface area contributed by atoms with Crippen molar-refractivity contribution in [2.24, 2.45) is 17.3 Å². The van der Waals surface area contributed by atoms with E-state index in [-0.39, 0.29) is 23.2 Å². The fourth-order valence-electron chi connectivity index (χ4n) is 2.90. The first-order valence-electron chi connectivity index (χ1n) is 7.56. The number of carbonyl (C=O) groups excluding carboxylic acids is 1. The zero-order valence-electron chi connectivity index (χ0n) is 14.0. The van der Waals surface area contributed by atoms with Gasteiger partial charge in [-0.25, -0.2) is 8.42 Å². The van der Waals surface area contributed by atoms with Crippen LogP contribution < -0.4 is 5.32 Å². The fourth-order valence-corrected chi connectivity index (χ4v) is 3.62. The standard InChI is InChI=1S/C17H21F2NO3S/c1-10(2)9-13-14(17(13,3)4)15(21)20-11-5-7-12(8-6-11)24(22,23)16(18)19/h5-9,13-14,16H,1-4H3,(H,20,21)/t13-,14+/m0/s1. The molecule has 0 saturated heterocycles. The lowest BCUT2D eigenvalue weighted by atomic mass is 10.1. The molecular weight excluding hydrogens is 336 g/mol. The molecule has 2 atom stereocenters. The van der Waals surface area contributed by atoms with E-state index in [2.05, 4.69) is 11.4 Å². The van der Waals surface area contributed by atoms with Gasteiger partial charge in [-0.3, -0.25) is 4.79 Å². The monoisotopic (exact) mass is 357 g/mol. The average Bonchev–Trinajstić information content (AvgIpc) is 2.99. The molecule has 24 heavy (non-hydrogen) atoms. The van der Waals surface area contributed by atoms with Gasteiger partial charge in [0.1, 0.15) is 0 Å². The van der Waals surface area contributed by atoms with Crippen LogP contribution in [0.1, 0.15) is 27.7 Å². The molecule has 0 aromatic heterocycles. The summed E-state index contributed by atoms with van der Waals surface area (Å²) >= 11 is 0. The summed E-state index contributed by atoms with van der Waals surface area (Å²) < 4.78 is 47.7. The predicted octanol–water partition coefficient (Wildman–Crippen LogP) is 3.86. The van der Waals surface area contributed by atoms with Gasteiger partial charge in [0.05, 0.1) is 10.8 Å². The molecule has 1 saturated carbocycles. The molecule has 2 rings (SSSR count). The number of nitrogens with one attached hydrogen (secondary N) is 1. The number of hydrogen-bond donors (Lipinski definition) is 1. The number of benzene rings is 1. The van der Waals surface area contributed by atoms with Crippen LogP contribution in [0.15, 0.2) is 40.8 Å². The van der Waals surface area contributed by atoms with Crippen LogP contribution in [0, 0.1) is 17.3 Å². The maximum absolute atomic E-state index is 12.5. The Labute approximate surface area is 140 Å². The van der Waals surface area contributed by atoms with Crippen LogP contribution in [0.3, 0.4) is 0 Å². The summed E-state index contributed by atoms with van der Waals surface area (Å²) in [6.07, 6.45) is 2.07. The van der Waals surface area contributed by atoms with Gasteiger partial charge >= 0.3 is 5.76 Å². The topological polar surface area (TPSA) is 63.2 Å². The quantitative estimate of drug-likeness (QED) is 0.814. The van der Waals surface area contributed by atoms with Crippen LogP contribution in [-0.4, -0.2) is 20.1 Å². The minimum absolute atomic E-state index is 0.139. The van der Waals surface area contributed by atoms with E-state index in [4.69, 9.17) is 0 Å². The Morgan fingerprint density at radius 2 is 1.75 bits per heavy atom. The minimum Gasteiger partial charge on any atom is -0.326 e. The molecular formula is C17H21F2NO3S. The van der Waals surface area contributed by atoms with Gasteiger partial charge in [-0.1, -0.05) is 25.5 Å². The molecule has 0 bridgehead atoms. The Morgan fingerprint density at radius 1 is 1.21 bits per heavy atom. The predicted molar refractivity (Wildman–Crippen MR) is 88.5 cm³/mol. The Morgan fingerprint density at radius 3 is 2.21 bits per heavy atom. The van der Waals surface area contributed by atoms with E-state index < -0.39 is 20.5 Å². The number of alkyl halides is 2. The minimum atomic E-state index is -4.62. The molecule has 7 heteroatoms. The van der Waals surface area contributed by atoms with Gasteiger partial charge in [0.25, 0.3) is 0 Å². The number of rotatable bonds is 5. The van der Waals surface area contributed by atoms with Crippen molar-refractivity contribution < 1.29 is 22.0 Å². The molecule has 1 aliphatic carbocycles. The molecule has 1 amide bonds. The fraction of sp³-hybridized carbons (Fsp3) is 0.471. The van der Waals surface area contributed by atoms with E-state index in [9.17, 15) is 22.0 Å². The summed E-state index contributed by atoms with van der Waals surface area (Å²) in [7, 11) is -4.62. The molecule has 0 spiro atoms. The SMILES string of the molecule is CC(C)=C[C@H]1[C@H](C(=O)Nc2ccc(S(=O)(=O)C(F)F)cc2)C1(C)C. The summed E-state index contributed by atoms with van der Waals surface area (Å²) in [6, 6.07) is 4.78. The number of carbonyl (C=O) groups is 1. The zero-order valence-corrected chi connectivity index (χ0v) is 14.8. The second kappa shape index (κ2) is 6.27. The molecule has 0 aliphatic heterocycles. The number of hydrogen-bond acceptors (Lipinski definition) is 3. The molecule has 132 valence electrons. The number of sulfone groups is 1. The molecule has 4 nitrogen and oxygen atoms in total. The van der Waals surface area contributed by atoms with Gasteiger partial charge in [-0.15, -0.1) is 0 Å². The van der Waals surface area contributed by atoms with Gasteiger partial charge in [0.15, 0.2) is 0 Å². The number of allylic oxidation sites excluding steroid dienone is 2. The van der Waals surface area contributed by atoms with Crippen LogP contribution in [0.5, 0.6) is 0 Å². The van der Waals surface area contributed by atoms with Gasteiger partial charge < -0.3 is 5.32 Å². The first-order chi connectivity index (χ1) is 11.0. The Kier molecular flexibility index (Phi) is 4.86. The van der Waals surface area contributed by atoms with Crippen LogP contribution in [0.2, 0.25) is 0 Å². The summed E-state index contributed by atoms with van der Waals surface area (Å²) in [4.78, 5) is 11.9. The molecule has 0 radical (unpaired) electrons. The summed E-state index contributed by atoms with van der Waals surface area (Å²) in [6.45, 7) is 7.98. The van der Waals surface area contributed by atoms with Crippen molar-refractivity contribution in [3.8, 4) is 0 Å². The van der Waals surface area contributed by atoms with Gasteiger partial charge in [-0.05, 0) is 49.4 Å². The molecule has 1 aliphatic rings. The lowest BCUT2D eigenvalue weighted by molar-refractivity contribution is -0.118. The third-order valence-electron chi connectivity index (χ3n) is 4.39. The van der Waals surface area contributed by atoms with Crippen LogP contribution in [0.25, 0.3) is 0 Å². The van der Waals surface area contributed by atoms with E-state index in [1.54, 1.807) is 0 Å². The third kappa shape index (κ3) is 3.50. The van der Waals surface area contributed by atoms with Crippen LogP contribution >= 0.6 is 0 Å². The third-order valence-corrected chi connectivity index (χ3v) is 5.79. The largest absolute Gasteiger partial charge is 0.341 e. The first-order valence-corrected chi connectivity index (χ1v) is 9.10. The van der Waals surface area contributed by atoms with E-state index >= 15 is 0 Å². The Balaban J connectivity index is 2.10. The highest BCUT2D eigenvalue weighted by Gasteiger charge is 2.60. The van der Waals surface area contributed by atoms with Gasteiger partial charge in [0.2, 0.25) is 15.7 Å². The van der Waals surface area contributed by atoms with Crippen molar-refractivity contribution in [3.63, 3.8) is 0 Å². The highest BCUT2D eigenvalue weighted by Crippen LogP contribution is 2.59. The maximum atomic E-state index is 12.5. The number of halogens is 2. The highest BCUT2D eigenvalue weighted by molar-refractivity contribution is 7.91. The highest BCUT2D eigenvalue weighted by atomic mass is 32.2. The van der Waals surface area contributed by atoms with E-state index in [1.165, 1.54) is 12.1 Å². The molecule has 1 aromatic rings. The van der Waals surface area contributed by atoms with E-state index in [0.717, 1.165) is 17.7 Å². The van der Waals surface area contributed by atoms with Crippen molar-refractivity contribution in [2.75, 3.05) is 5.32 Å². The van der Waals surface area contributed by atoms with Crippen molar-refractivity contribution in [1.82, 2.24) is 0 Å². The maximum Gasteiger partial charge on any atom is 0.341 e. The molecule has 0 unspecified atom stereocenters. The average molecular weight is 357 g/mol. The number of amides is 1. The Hall–Kier alpha value is -1.76. The second-order valence-electron chi connectivity index (χ2n) is 6.89. The number of anilines is 1. The van der Waals surface area contributed by atoms with Gasteiger partial charge in [0, 0.05) is 5.69 Å². The van der Waals surface area contributed by atoms with Crippen molar-refractivity contribution in [3.05, 3.63) is 35.9 Å². The van der Waals surface area contributed by atoms with E-state index in [1.807, 2.05) is 27.7 Å². The van der Waals surface area contributed by atoms with Crippen molar-refractivity contribution in [1.29, 1.82) is 0 Å². The molecule has 0 heterocycles. The molecule has 1 N–H and O–H groups in total. The molecule has 1 aromatic carbocycles. The van der Waals surface area contributed by atoms with Crippen LogP contribution in [-0.2, 0) is 14.6 Å². The zero-order chi connectivity index (χ0) is 18.3. The van der Waals surface area contributed by atoms with Crippen molar-refractivity contribution in [2.45, 2.75) is 38.3 Å². The lowest BCUT2D eigenvalue weighted by Gasteiger charge is -2.08.